The maximum Gasteiger partial charge on any atom is 0.318 e. The Bertz CT molecular complexity index is 771. The van der Waals surface area contributed by atoms with Crippen molar-refractivity contribution in [3.8, 4) is 17.0 Å². The first-order chi connectivity index (χ1) is 11.6. The molecular weight excluding hydrogens is 310 g/mol. The highest BCUT2D eigenvalue weighted by Crippen LogP contribution is 2.35. The number of hydroxylamine groups is 1. The molecule has 0 aliphatic carbocycles. The zero-order chi connectivity index (χ0) is 17.1. The van der Waals surface area contributed by atoms with E-state index >= 15 is 0 Å². The number of carbonyl (C=O) groups excluding carboxylic acids is 2. The molecule has 0 fully saturated rings. The number of benzene rings is 1. The molecular formula is C16H19N5O3. The Morgan fingerprint density at radius 3 is 2.88 bits per heavy atom. The molecule has 1 aromatic heterocycles. The molecule has 1 aromatic carbocycles. The van der Waals surface area contributed by atoms with Crippen molar-refractivity contribution in [3.63, 3.8) is 0 Å². The van der Waals surface area contributed by atoms with Gasteiger partial charge in [0.25, 0.3) is 0 Å². The Morgan fingerprint density at radius 2 is 2.12 bits per heavy atom. The first-order valence-electron chi connectivity index (χ1n) is 7.71. The summed E-state index contributed by atoms with van der Waals surface area (Å²) in [5, 5.41) is 10.1. The number of hydrogen-bond acceptors (Lipinski definition) is 4. The quantitative estimate of drug-likeness (QED) is 0.741. The second kappa shape index (κ2) is 6.61. The van der Waals surface area contributed by atoms with Gasteiger partial charge in [-0.1, -0.05) is 12.1 Å². The van der Waals surface area contributed by atoms with E-state index in [2.05, 4.69) is 21.0 Å². The summed E-state index contributed by atoms with van der Waals surface area (Å²) < 4.78 is 0. The van der Waals surface area contributed by atoms with Crippen LogP contribution in [0.2, 0.25) is 0 Å². The summed E-state index contributed by atoms with van der Waals surface area (Å²) in [6, 6.07) is 7.22. The minimum Gasteiger partial charge on any atom is -0.379 e. The average Bonchev–Trinajstić information content (AvgIpc) is 3.14. The van der Waals surface area contributed by atoms with E-state index in [0.717, 1.165) is 22.5 Å². The number of nitrogens with zero attached hydrogens (tertiary/aromatic N) is 2. The number of urea groups is 1. The molecule has 1 aliphatic rings. The van der Waals surface area contributed by atoms with Gasteiger partial charge in [0.2, 0.25) is 5.91 Å². The third kappa shape index (κ3) is 3.03. The molecule has 3 amide bonds. The van der Waals surface area contributed by atoms with Crippen LogP contribution in [0.25, 0.3) is 11.3 Å². The normalized spacial score (nSPS) is 12.7. The van der Waals surface area contributed by atoms with Crippen LogP contribution in [-0.2, 0) is 17.9 Å². The van der Waals surface area contributed by atoms with Gasteiger partial charge in [0.05, 0.1) is 24.5 Å². The Kier molecular flexibility index (Phi) is 4.37. The van der Waals surface area contributed by atoms with Crippen LogP contribution < -0.4 is 15.6 Å². The summed E-state index contributed by atoms with van der Waals surface area (Å²) in [7, 11) is 0. The van der Waals surface area contributed by atoms with Crippen molar-refractivity contribution < 1.29 is 14.4 Å². The summed E-state index contributed by atoms with van der Waals surface area (Å²) in [4.78, 5) is 30.1. The molecule has 1 aliphatic heterocycles. The maximum absolute atomic E-state index is 12.0. The van der Waals surface area contributed by atoms with E-state index in [1.54, 1.807) is 11.0 Å². The molecule has 2 heterocycles. The van der Waals surface area contributed by atoms with Crippen molar-refractivity contribution in [3.05, 3.63) is 35.5 Å². The van der Waals surface area contributed by atoms with E-state index in [-0.39, 0.29) is 11.9 Å². The molecule has 3 rings (SSSR count). The molecule has 126 valence electrons. The maximum atomic E-state index is 12.0. The first-order valence-corrected chi connectivity index (χ1v) is 7.71. The smallest absolute Gasteiger partial charge is 0.318 e. The number of aromatic amines is 1. The van der Waals surface area contributed by atoms with Crippen molar-refractivity contribution in [2.75, 3.05) is 6.54 Å². The van der Waals surface area contributed by atoms with Gasteiger partial charge in [-0.05, 0) is 19.1 Å². The molecule has 0 spiro atoms. The number of H-pyrrole nitrogens is 1. The lowest BCUT2D eigenvalue weighted by Crippen LogP contribution is -2.36. The monoisotopic (exact) mass is 329 g/mol. The SMILES string of the molecule is CCNC(=O)N1Cc2n[nH]c(-c3ccccc3ONC(C)=O)c2C1. The number of nitrogens with one attached hydrogen (secondary N) is 3. The lowest BCUT2D eigenvalue weighted by Gasteiger charge is -2.16. The predicted octanol–water partition coefficient (Wildman–Crippen LogP) is 1.55. The van der Waals surface area contributed by atoms with E-state index in [1.165, 1.54) is 6.92 Å². The Balaban J connectivity index is 1.87. The second-order valence-electron chi connectivity index (χ2n) is 5.47. The fourth-order valence-electron chi connectivity index (χ4n) is 2.65. The zero-order valence-corrected chi connectivity index (χ0v) is 13.5. The van der Waals surface area contributed by atoms with Crippen LogP contribution in [0.5, 0.6) is 5.75 Å². The predicted molar refractivity (Wildman–Crippen MR) is 86.8 cm³/mol. The summed E-state index contributed by atoms with van der Waals surface area (Å²) in [6.45, 7) is 4.78. The van der Waals surface area contributed by atoms with Crippen LogP contribution in [0.4, 0.5) is 4.79 Å². The molecule has 8 nitrogen and oxygen atoms in total. The van der Waals surface area contributed by atoms with Crippen LogP contribution in [-0.4, -0.2) is 33.6 Å². The lowest BCUT2D eigenvalue weighted by molar-refractivity contribution is -0.125. The number of hydrogen-bond donors (Lipinski definition) is 3. The van der Waals surface area contributed by atoms with Gasteiger partial charge in [0.1, 0.15) is 0 Å². The highest BCUT2D eigenvalue weighted by atomic mass is 16.7. The van der Waals surface area contributed by atoms with Crippen molar-refractivity contribution in [1.82, 2.24) is 25.9 Å². The van der Waals surface area contributed by atoms with Crippen LogP contribution in [0, 0.1) is 0 Å². The standard InChI is InChI=1S/C16H19N5O3/c1-3-17-16(23)21-8-12-13(9-21)18-19-15(12)11-6-4-5-7-14(11)24-20-10(2)22/h4-7H,3,8-9H2,1-2H3,(H,17,23)(H,18,19)(H,20,22). The van der Waals surface area contributed by atoms with E-state index in [9.17, 15) is 9.59 Å². The average molecular weight is 329 g/mol. The molecule has 0 bridgehead atoms. The van der Waals surface area contributed by atoms with Crippen molar-refractivity contribution >= 4 is 11.9 Å². The summed E-state index contributed by atoms with van der Waals surface area (Å²) in [5.74, 6) is 0.220. The van der Waals surface area contributed by atoms with Crippen molar-refractivity contribution in [1.29, 1.82) is 0 Å². The van der Waals surface area contributed by atoms with Gasteiger partial charge >= 0.3 is 6.03 Å². The summed E-state index contributed by atoms with van der Waals surface area (Å²) in [6.07, 6.45) is 0. The highest BCUT2D eigenvalue weighted by molar-refractivity contribution is 5.77. The Morgan fingerprint density at radius 1 is 1.33 bits per heavy atom. The third-order valence-corrected chi connectivity index (χ3v) is 3.72. The largest absolute Gasteiger partial charge is 0.379 e. The van der Waals surface area contributed by atoms with E-state index in [1.807, 2.05) is 25.1 Å². The molecule has 0 unspecified atom stereocenters. The molecule has 0 saturated heterocycles. The number of fused-ring (bicyclic) bond motifs is 1. The number of para-hydroxylation sites is 1. The lowest BCUT2D eigenvalue weighted by atomic mass is 10.1. The van der Waals surface area contributed by atoms with Gasteiger partial charge in [-0.25, -0.2) is 4.79 Å². The van der Waals surface area contributed by atoms with Gasteiger partial charge < -0.3 is 15.1 Å². The Labute approximate surface area is 139 Å². The summed E-state index contributed by atoms with van der Waals surface area (Å²) >= 11 is 0. The fourth-order valence-corrected chi connectivity index (χ4v) is 2.65. The highest BCUT2D eigenvalue weighted by Gasteiger charge is 2.29. The molecule has 0 atom stereocenters. The Hall–Kier alpha value is -3.03. The van der Waals surface area contributed by atoms with E-state index < -0.39 is 0 Å². The molecule has 24 heavy (non-hydrogen) atoms. The van der Waals surface area contributed by atoms with Crippen molar-refractivity contribution in [2.45, 2.75) is 26.9 Å². The van der Waals surface area contributed by atoms with Gasteiger partial charge in [-0.2, -0.15) is 10.6 Å². The van der Waals surface area contributed by atoms with Crippen LogP contribution in [0.15, 0.2) is 24.3 Å². The number of amides is 3. The van der Waals surface area contributed by atoms with Gasteiger partial charge in [0.15, 0.2) is 5.75 Å². The number of aromatic nitrogens is 2. The number of rotatable bonds is 4. The molecule has 8 heteroatoms. The second-order valence-corrected chi connectivity index (χ2v) is 5.47. The van der Waals surface area contributed by atoms with Crippen LogP contribution in [0.3, 0.4) is 0 Å². The van der Waals surface area contributed by atoms with E-state index in [0.29, 0.717) is 25.4 Å². The molecule has 0 saturated carbocycles. The van der Waals surface area contributed by atoms with Crippen LogP contribution >= 0.6 is 0 Å². The molecule has 0 radical (unpaired) electrons. The van der Waals surface area contributed by atoms with E-state index in [4.69, 9.17) is 4.84 Å². The topological polar surface area (TPSA) is 99.3 Å². The first kappa shape index (κ1) is 15.9. The van der Waals surface area contributed by atoms with Gasteiger partial charge in [0, 0.05) is 24.6 Å². The van der Waals surface area contributed by atoms with Crippen molar-refractivity contribution in [2.24, 2.45) is 0 Å². The van der Waals surface area contributed by atoms with Gasteiger partial charge in [-0.15, -0.1) is 0 Å². The minimum absolute atomic E-state index is 0.107. The molecule has 3 N–H and O–H groups in total. The zero-order valence-electron chi connectivity index (χ0n) is 13.5. The molecule has 2 aromatic rings. The van der Waals surface area contributed by atoms with Gasteiger partial charge in [-0.3, -0.25) is 9.89 Å². The fraction of sp³-hybridized carbons (Fsp3) is 0.312. The summed E-state index contributed by atoms with van der Waals surface area (Å²) in [5.41, 5.74) is 5.69. The van der Waals surface area contributed by atoms with Crippen LogP contribution in [0.1, 0.15) is 25.1 Å². The minimum atomic E-state index is -0.290. The number of carbonyl (C=O) groups is 2. The third-order valence-electron chi connectivity index (χ3n) is 3.72.